The maximum Gasteiger partial charge on any atom is 0.137 e. The molecule has 1 unspecified atom stereocenters. The molecule has 1 aliphatic rings. The summed E-state index contributed by atoms with van der Waals surface area (Å²) < 4.78 is 0. The first-order valence-corrected chi connectivity index (χ1v) is 6.56. The second kappa shape index (κ2) is 5.34. The zero-order valence-electron chi connectivity index (χ0n) is 11.0. The van der Waals surface area contributed by atoms with Crippen molar-refractivity contribution < 1.29 is 0 Å². The fourth-order valence-corrected chi connectivity index (χ4v) is 2.40. The van der Waals surface area contributed by atoms with E-state index in [1.54, 1.807) is 6.33 Å². The van der Waals surface area contributed by atoms with Crippen LogP contribution in [0.2, 0.25) is 0 Å². The number of hydrogen-bond acceptors (Lipinski definition) is 4. The van der Waals surface area contributed by atoms with E-state index in [9.17, 15) is 0 Å². The van der Waals surface area contributed by atoms with E-state index in [4.69, 9.17) is 0 Å². The van der Waals surface area contributed by atoms with Gasteiger partial charge in [-0.05, 0) is 33.1 Å². The minimum atomic E-state index is 0.600. The molecule has 0 spiro atoms. The Bertz CT molecular complexity index is 378. The summed E-state index contributed by atoms with van der Waals surface area (Å²) in [6.45, 7) is 8.62. The molecule has 0 radical (unpaired) electrons. The van der Waals surface area contributed by atoms with E-state index in [-0.39, 0.29) is 0 Å². The average molecular weight is 234 g/mol. The quantitative estimate of drug-likeness (QED) is 0.869. The lowest BCUT2D eigenvalue weighted by molar-refractivity contribution is 0.723. The van der Waals surface area contributed by atoms with Gasteiger partial charge in [0.2, 0.25) is 0 Å². The maximum atomic E-state index is 4.45. The van der Waals surface area contributed by atoms with Gasteiger partial charge in [0.1, 0.15) is 18.0 Å². The van der Waals surface area contributed by atoms with Crippen molar-refractivity contribution in [2.45, 2.75) is 46.1 Å². The van der Waals surface area contributed by atoms with Gasteiger partial charge >= 0.3 is 0 Å². The van der Waals surface area contributed by atoms with Gasteiger partial charge in [-0.25, -0.2) is 9.97 Å². The van der Waals surface area contributed by atoms with Crippen molar-refractivity contribution in [3.8, 4) is 0 Å². The van der Waals surface area contributed by atoms with Crippen molar-refractivity contribution in [1.29, 1.82) is 0 Å². The minimum absolute atomic E-state index is 0.600. The highest BCUT2D eigenvalue weighted by atomic mass is 15.2. The fourth-order valence-electron chi connectivity index (χ4n) is 2.40. The number of hydrogen-bond donors (Lipinski definition) is 1. The Kier molecular flexibility index (Phi) is 3.82. The summed E-state index contributed by atoms with van der Waals surface area (Å²) in [7, 11) is 0. The lowest BCUT2D eigenvalue weighted by Crippen LogP contribution is -2.28. The lowest BCUT2D eigenvalue weighted by Gasteiger charge is -2.24. The molecule has 0 saturated carbocycles. The van der Waals surface area contributed by atoms with Crippen LogP contribution in [0.15, 0.2) is 6.33 Å². The maximum absolute atomic E-state index is 4.45. The molecule has 1 saturated heterocycles. The Morgan fingerprint density at radius 2 is 2.29 bits per heavy atom. The third-order valence-corrected chi connectivity index (χ3v) is 3.42. The number of nitrogens with zero attached hydrogens (tertiary/aromatic N) is 3. The van der Waals surface area contributed by atoms with Gasteiger partial charge in [0.05, 0.1) is 0 Å². The predicted octanol–water partition coefficient (Wildman–Crippen LogP) is 2.60. The SMILES string of the molecule is CCCNc1ncnc(N2CCCC2C)c1C. The molecule has 1 N–H and O–H groups in total. The van der Waals surface area contributed by atoms with Crippen molar-refractivity contribution in [2.75, 3.05) is 23.3 Å². The molecule has 0 bridgehead atoms. The predicted molar refractivity (Wildman–Crippen MR) is 71.6 cm³/mol. The van der Waals surface area contributed by atoms with E-state index in [1.807, 2.05) is 0 Å². The second-order valence-electron chi connectivity index (χ2n) is 4.78. The molecule has 2 heterocycles. The fraction of sp³-hybridized carbons (Fsp3) is 0.692. The Hall–Kier alpha value is -1.32. The summed E-state index contributed by atoms with van der Waals surface area (Å²) in [5.41, 5.74) is 1.18. The molecule has 1 fully saturated rings. The number of rotatable bonds is 4. The van der Waals surface area contributed by atoms with Crippen LogP contribution >= 0.6 is 0 Å². The first-order chi connectivity index (χ1) is 8.24. The summed E-state index contributed by atoms with van der Waals surface area (Å²) in [5.74, 6) is 2.08. The van der Waals surface area contributed by atoms with Crippen molar-refractivity contribution in [3.63, 3.8) is 0 Å². The molecule has 4 nitrogen and oxygen atoms in total. The second-order valence-corrected chi connectivity index (χ2v) is 4.78. The van der Waals surface area contributed by atoms with E-state index in [2.05, 4.69) is 41.0 Å². The van der Waals surface area contributed by atoms with E-state index < -0.39 is 0 Å². The van der Waals surface area contributed by atoms with Crippen molar-refractivity contribution >= 4 is 11.6 Å². The van der Waals surface area contributed by atoms with Gasteiger partial charge < -0.3 is 10.2 Å². The number of aromatic nitrogens is 2. The minimum Gasteiger partial charge on any atom is -0.370 e. The summed E-state index contributed by atoms with van der Waals surface area (Å²) in [4.78, 5) is 11.2. The Morgan fingerprint density at radius 1 is 1.47 bits per heavy atom. The molecule has 1 aromatic heterocycles. The van der Waals surface area contributed by atoms with Gasteiger partial charge in [-0.2, -0.15) is 0 Å². The van der Waals surface area contributed by atoms with Crippen LogP contribution in [0.4, 0.5) is 11.6 Å². The van der Waals surface area contributed by atoms with Crippen LogP contribution in [0.25, 0.3) is 0 Å². The third kappa shape index (κ3) is 2.51. The van der Waals surface area contributed by atoms with E-state index in [0.717, 1.165) is 31.1 Å². The molecule has 1 aliphatic heterocycles. The zero-order valence-corrected chi connectivity index (χ0v) is 11.0. The van der Waals surface area contributed by atoms with Gasteiger partial charge in [-0.3, -0.25) is 0 Å². The van der Waals surface area contributed by atoms with Gasteiger partial charge in [-0.15, -0.1) is 0 Å². The average Bonchev–Trinajstić information content (AvgIpc) is 2.74. The molecule has 0 aliphatic carbocycles. The van der Waals surface area contributed by atoms with Gasteiger partial charge in [0.15, 0.2) is 0 Å². The molecule has 17 heavy (non-hydrogen) atoms. The number of nitrogens with one attached hydrogen (secondary N) is 1. The first kappa shape index (κ1) is 12.1. The molecular formula is C13H22N4. The first-order valence-electron chi connectivity index (χ1n) is 6.56. The van der Waals surface area contributed by atoms with Crippen LogP contribution in [-0.2, 0) is 0 Å². The topological polar surface area (TPSA) is 41.1 Å². The van der Waals surface area contributed by atoms with Crippen molar-refractivity contribution in [1.82, 2.24) is 9.97 Å². The molecule has 94 valence electrons. The zero-order chi connectivity index (χ0) is 12.3. The van der Waals surface area contributed by atoms with E-state index in [0.29, 0.717) is 6.04 Å². The summed E-state index contributed by atoms with van der Waals surface area (Å²) in [6.07, 6.45) is 5.31. The highest BCUT2D eigenvalue weighted by Crippen LogP contribution is 2.28. The highest BCUT2D eigenvalue weighted by Gasteiger charge is 2.23. The molecule has 1 atom stereocenters. The molecule has 1 aromatic rings. The molecular weight excluding hydrogens is 212 g/mol. The van der Waals surface area contributed by atoms with Gasteiger partial charge in [0.25, 0.3) is 0 Å². The number of anilines is 2. The Balaban J connectivity index is 2.22. The van der Waals surface area contributed by atoms with Crippen LogP contribution < -0.4 is 10.2 Å². The van der Waals surface area contributed by atoms with E-state index in [1.165, 1.54) is 18.4 Å². The van der Waals surface area contributed by atoms with Crippen molar-refractivity contribution in [3.05, 3.63) is 11.9 Å². The molecule has 4 heteroatoms. The van der Waals surface area contributed by atoms with Crippen LogP contribution in [0, 0.1) is 6.92 Å². The standard InChI is InChI=1S/C13H22N4/c1-4-7-14-12-11(3)13(16-9-15-12)17-8-5-6-10(17)2/h9-10H,4-8H2,1-3H3,(H,14,15,16). The van der Waals surface area contributed by atoms with Crippen LogP contribution in [-0.4, -0.2) is 29.1 Å². The summed E-state index contributed by atoms with van der Waals surface area (Å²) >= 11 is 0. The molecule has 0 amide bonds. The van der Waals surface area contributed by atoms with Gasteiger partial charge in [0, 0.05) is 24.7 Å². The highest BCUT2D eigenvalue weighted by molar-refractivity contribution is 5.58. The normalized spacial score (nSPS) is 19.7. The van der Waals surface area contributed by atoms with E-state index >= 15 is 0 Å². The van der Waals surface area contributed by atoms with Gasteiger partial charge in [-0.1, -0.05) is 6.92 Å². The Labute approximate surface area is 103 Å². The Morgan fingerprint density at radius 3 is 2.94 bits per heavy atom. The molecule has 2 rings (SSSR count). The molecule has 0 aromatic carbocycles. The lowest BCUT2D eigenvalue weighted by atomic mass is 10.2. The summed E-state index contributed by atoms with van der Waals surface area (Å²) in [6, 6.07) is 0.600. The smallest absolute Gasteiger partial charge is 0.137 e. The largest absolute Gasteiger partial charge is 0.370 e. The van der Waals surface area contributed by atoms with Crippen LogP contribution in [0.5, 0.6) is 0 Å². The monoisotopic (exact) mass is 234 g/mol. The third-order valence-electron chi connectivity index (χ3n) is 3.42. The van der Waals surface area contributed by atoms with Crippen molar-refractivity contribution in [2.24, 2.45) is 0 Å². The summed E-state index contributed by atoms with van der Waals surface area (Å²) in [5, 5.41) is 3.36. The van der Waals surface area contributed by atoms with Crippen LogP contribution in [0.3, 0.4) is 0 Å². The van der Waals surface area contributed by atoms with Crippen LogP contribution in [0.1, 0.15) is 38.7 Å².